The quantitative estimate of drug-likeness (QED) is 0.345. The Morgan fingerprint density at radius 1 is 1.35 bits per heavy atom. The molecular weight excluding hydrogens is 220 g/mol. The van der Waals surface area contributed by atoms with Gasteiger partial charge in [0.05, 0.1) is 0 Å². The average molecular weight is 236 g/mol. The molecule has 1 aromatic rings. The fraction of sp³-hybridized carbons (Fsp3) is 0.273. The number of hydrogen-bond acceptors (Lipinski definition) is 3. The Morgan fingerprint density at radius 3 is 2.76 bits per heavy atom. The number of nitrogens with one attached hydrogen (secondary N) is 3. The predicted octanol–water partition coefficient (Wildman–Crippen LogP) is 0.360. The van der Waals surface area contributed by atoms with E-state index >= 15 is 0 Å². The van der Waals surface area contributed by atoms with Gasteiger partial charge in [0.2, 0.25) is 5.91 Å². The van der Waals surface area contributed by atoms with E-state index < -0.39 is 6.03 Å². The van der Waals surface area contributed by atoms with Crippen LogP contribution in [0.5, 0.6) is 0 Å². The highest BCUT2D eigenvalue weighted by atomic mass is 16.2. The zero-order valence-electron chi connectivity index (χ0n) is 9.62. The Bertz CT molecular complexity index is 406. The topological polar surface area (TPSA) is 96.2 Å². The number of rotatable bonds is 4. The van der Waals surface area contributed by atoms with Gasteiger partial charge in [0, 0.05) is 19.2 Å². The van der Waals surface area contributed by atoms with Gasteiger partial charge < -0.3 is 10.6 Å². The van der Waals surface area contributed by atoms with E-state index in [4.69, 9.17) is 5.84 Å². The largest absolute Gasteiger partial charge is 0.337 e. The maximum absolute atomic E-state index is 10.9. The second kappa shape index (κ2) is 6.49. The minimum atomic E-state index is -0.414. The maximum Gasteiger partial charge on any atom is 0.328 e. The Kier molecular flexibility index (Phi) is 4.96. The van der Waals surface area contributed by atoms with Crippen LogP contribution in [0.2, 0.25) is 0 Å². The van der Waals surface area contributed by atoms with Gasteiger partial charge in [-0.15, -0.1) is 0 Å². The number of carbonyl (C=O) groups is 2. The molecule has 92 valence electrons. The average Bonchev–Trinajstić information content (AvgIpc) is 2.28. The third-order valence-corrected chi connectivity index (χ3v) is 2.08. The van der Waals surface area contributed by atoms with Crippen LogP contribution in [0.4, 0.5) is 10.5 Å². The summed E-state index contributed by atoms with van der Waals surface area (Å²) in [6.07, 6.45) is 0.668. The molecule has 1 rings (SSSR count). The van der Waals surface area contributed by atoms with Gasteiger partial charge in [0.15, 0.2) is 0 Å². The highest BCUT2D eigenvalue weighted by Gasteiger charge is 1.99. The minimum absolute atomic E-state index is 0.109. The number of carbonyl (C=O) groups excluding carboxylic acids is 2. The van der Waals surface area contributed by atoms with Crippen molar-refractivity contribution in [2.45, 2.75) is 13.3 Å². The number of benzene rings is 1. The van der Waals surface area contributed by atoms with Crippen molar-refractivity contribution >= 4 is 17.6 Å². The minimum Gasteiger partial charge on any atom is -0.337 e. The molecule has 1 aromatic carbocycles. The smallest absolute Gasteiger partial charge is 0.328 e. The van der Waals surface area contributed by atoms with Crippen LogP contribution in [0.15, 0.2) is 24.3 Å². The SMILES string of the molecule is CC(=O)Nc1cccc(CCNC(=O)NN)c1. The number of amides is 3. The first kappa shape index (κ1) is 13.0. The van der Waals surface area contributed by atoms with Crippen LogP contribution >= 0.6 is 0 Å². The molecule has 0 unspecified atom stereocenters. The molecule has 17 heavy (non-hydrogen) atoms. The molecule has 0 spiro atoms. The van der Waals surface area contributed by atoms with E-state index in [1.807, 2.05) is 29.7 Å². The van der Waals surface area contributed by atoms with Crippen molar-refractivity contribution in [3.05, 3.63) is 29.8 Å². The fourth-order valence-electron chi connectivity index (χ4n) is 1.38. The van der Waals surface area contributed by atoms with Crippen LogP contribution in [-0.2, 0) is 11.2 Å². The lowest BCUT2D eigenvalue weighted by Crippen LogP contribution is -2.40. The van der Waals surface area contributed by atoms with Crippen LogP contribution in [0, 0.1) is 0 Å². The molecular formula is C11H16N4O2. The second-order valence-electron chi connectivity index (χ2n) is 3.53. The summed E-state index contributed by atoms with van der Waals surface area (Å²) >= 11 is 0. The van der Waals surface area contributed by atoms with Crippen LogP contribution in [0.1, 0.15) is 12.5 Å². The third kappa shape index (κ3) is 4.98. The van der Waals surface area contributed by atoms with E-state index in [1.54, 1.807) is 0 Å². The zero-order chi connectivity index (χ0) is 12.7. The van der Waals surface area contributed by atoms with Crippen molar-refractivity contribution in [2.75, 3.05) is 11.9 Å². The lowest BCUT2D eigenvalue weighted by atomic mass is 10.1. The van der Waals surface area contributed by atoms with Gasteiger partial charge >= 0.3 is 6.03 Å². The normalized spacial score (nSPS) is 9.53. The molecule has 0 bridgehead atoms. The molecule has 0 heterocycles. The Hall–Kier alpha value is -2.08. The number of urea groups is 1. The van der Waals surface area contributed by atoms with Gasteiger partial charge in [-0.3, -0.25) is 10.2 Å². The van der Waals surface area contributed by atoms with E-state index in [-0.39, 0.29) is 5.91 Å². The summed E-state index contributed by atoms with van der Waals surface area (Å²) < 4.78 is 0. The molecule has 0 saturated carbocycles. The highest BCUT2D eigenvalue weighted by Crippen LogP contribution is 2.10. The van der Waals surface area contributed by atoms with E-state index in [9.17, 15) is 9.59 Å². The van der Waals surface area contributed by atoms with Crippen molar-refractivity contribution in [1.82, 2.24) is 10.7 Å². The van der Waals surface area contributed by atoms with Gasteiger partial charge in [-0.05, 0) is 24.1 Å². The first-order valence-corrected chi connectivity index (χ1v) is 5.23. The van der Waals surface area contributed by atoms with Crippen molar-refractivity contribution in [1.29, 1.82) is 0 Å². The van der Waals surface area contributed by atoms with Crippen LogP contribution in [0.3, 0.4) is 0 Å². The molecule has 6 nitrogen and oxygen atoms in total. The van der Waals surface area contributed by atoms with Crippen molar-refractivity contribution in [3.63, 3.8) is 0 Å². The molecule has 5 N–H and O–H groups in total. The molecule has 0 aliphatic rings. The molecule has 0 atom stereocenters. The van der Waals surface area contributed by atoms with Crippen molar-refractivity contribution in [2.24, 2.45) is 5.84 Å². The molecule has 0 radical (unpaired) electrons. The van der Waals surface area contributed by atoms with E-state index in [2.05, 4.69) is 10.6 Å². The van der Waals surface area contributed by atoms with E-state index in [0.717, 1.165) is 11.3 Å². The summed E-state index contributed by atoms with van der Waals surface area (Å²) in [5.74, 6) is 4.81. The van der Waals surface area contributed by atoms with Gasteiger partial charge in [-0.1, -0.05) is 12.1 Å². The standard InChI is InChI=1S/C11H16N4O2/c1-8(16)14-10-4-2-3-9(7-10)5-6-13-11(17)15-12/h2-4,7H,5-6,12H2,1H3,(H,14,16)(H2,13,15,17). The molecule has 0 aliphatic heterocycles. The van der Waals surface area contributed by atoms with Gasteiger partial charge in [-0.2, -0.15) is 0 Å². The summed E-state index contributed by atoms with van der Waals surface area (Å²) in [4.78, 5) is 21.7. The lowest BCUT2D eigenvalue weighted by Gasteiger charge is -2.06. The number of anilines is 1. The summed E-state index contributed by atoms with van der Waals surface area (Å²) in [7, 11) is 0. The third-order valence-electron chi connectivity index (χ3n) is 2.08. The van der Waals surface area contributed by atoms with Crippen LogP contribution < -0.4 is 21.9 Å². The maximum atomic E-state index is 10.9. The number of hydrazine groups is 1. The monoisotopic (exact) mass is 236 g/mol. The summed E-state index contributed by atoms with van der Waals surface area (Å²) in [5, 5.41) is 5.28. The van der Waals surface area contributed by atoms with E-state index in [1.165, 1.54) is 6.92 Å². The van der Waals surface area contributed by atoms with Crippen molar-refractivity contribution < 1.29 is 9.59 Å². The van der Waals surface area contributed by atoms with Crippen LogP contribution in [0.25, 0.3) is 0 Å². The van der Waals surface area contributed by atoms with Gasteiger partial charge in [0.1, 0.15) is 0 Å². The Labute approximate surface area is 99.5 Å². The van der Waals surface area contributed by atoms with Gasteiger partial charge in [0.25, 0.3) is 0 Å². The Balaban J connectivity index is 2.48. The summed E-state index contributed by atoms with van der Waals surface area (Å²) in [6.45, 7) is 1.94. The first-order chi connectivity index (χ1) is 8.11. The molecule has 3 amide bonds. The summed E-state index contributed by atoms with van der Waals surface area (Å²) in [6, 6.07) is 7.04. The lowest BCUT2D eigenvalue weighted by molar-refractivity contribution is -0.114. The number of nitrogens with two attached hydrogens (primary N) is 1. The van der Waals surface area contributed by atoms with Crippen LogP contribution in [-0.4, -0.2) is 18.5 Å². The molecule has 6 heteroatoms. The molecule has 0 fully saturated rings. The number of hydrogen-bond donors (Lipinski definition) is 4. The first-order valence-electron chi connectivity index (χ1n) is 5.23. The van der Waals surface area contributed by atoms with Gasteiger partial charge in [-0.25, -0.2) is 10.6 Å². The molecule has 0 aliphatic carbocycles. The predicted molar refractivity (Wildman–Crippen MR) is 65.2 cm³/mol. The van der Waals surface area contributed by atoms with Crippen molar-refractivity contribution in [3.8, 4) is 0 Å². The Morgan fingerprint density at radius 2 is 2.12 bits per heavy atom. The fourth-order valence-corrected chi connectivity index (χ4v) is 1.38. The summed E-state index contributed by atoms with van der Waals surface area (Å²) in [5.41, 5.74) is 3.75. The molecule has 0 aromatic heterocycles. The second-order valence-corrected chi connectivity index (χ2v) is 3.53. The zero-order valence-corrected chi connectivity index (χ0v) is 9.62. The van der Waals surface area contributed by atoms with E-state index in [0.29, 0.717) is 13.0 Å². The molecule has 0 saturated heterocycles. The highest BCUT2D eigenvalue weighted by molar-refractivity contribution is 5.88.